The highest BCUT2D eigenvalue weighted by molar-refractivity contribution is 5.80. The molecule has 2 rings (SSSR count). The first-order valence-corrected chi connectivity index (χ1v) is 9.54. The van der Waals surface area contributed by atoms with Gasteiger partial charge in [0.2, 0.25) is 5.91 Å². The van der Waals surface area contributed by atoms with E-state index in [4.69, 9.17) is 4.99 Å². The summed E-state index contributed by atoms with van der Waals surface area (Å²) >= 11 is 0. The molecule has 1 aliphatic heterocycles. The van der Waals surface area contributed by atoms with Crippen LogP contribution in [0.3, 0.4) is 0 Å². The lowest BCUT2D eigenvalue weighted by atomic mass is 10.1. The lowest BCUT2D eigenvalue weighted by Gasteiger charge is -2.16. The lowest BCUT2D eigenvalue weighted by molar-refractivity contribution is -0.127. The number of carbonyl (C=O) groups excluding carboxylic acids is 1. The van der Waals surface area contributed by atoms with Crippen molar-refractivity contribution in [2.24, 2.45) is 4.99 Å². The smallest absolute Gasteiger partial charge is 0.222 e. The SMILES string of the molecule is CCCCNC(=NCc1ccc(C)cc1)NCCCN1CCCC1=O. The topological polar surface area (TPSA) is 56.7 Å². The molecular formula is C20H32N4O. The number of amides is 1. The minimum atomic E-state index is 0.300. The van der Waals surface area contributed by atoms with Gasteiger partial charge in [-0.2, -0.15) is 0 Å². The van der Waals surface area contributed by atoms with Gasteiger partial charge in [0.05, 0.1) is 6.54 Å². The number of carbonyl (C=O) groups is 1. The zero-order valence-corrected chi connectivity index (χ0v) is 15.7. The molecule has 2 N–H and O–H groups in total. The van der Waals surface area contributed by atoms with E-state index >= 15 is 0 Å². The molecule has 1 heterocycles. The Morgan fingerprint density at radius 2 is 1.88 bits per heavy atom. The summed E-state index contributed by atoms with van der Waals surface area (Å²) in [5.41, 5.74) is 2.48. The first-order chi connectivity index (χ1) is 12.2. The van der Waals surface area contributed by atoms with Gasteiger partial charge in [-0.1, -0.05) is 43.2 Å². The molecule has 1 aliphatic rings. The van der Waals surface area contributed by atoms with Crippen LogP contribution in [0, 0.1) is 6.92 Å². The molecule has 0 unspecified atom stereocenters. The molecule has 0 radical (unpaired) electrons. The number of benzene rings is 1. The van der Waals surface area contributed by atoms with Gasteiger partial charge in [0.25, 0.3) is 0 Å². The summed E-state index contributed by atoms with van der Waals surface area (Å²) < 4.78 is 0. The standard InChI is InChI=1S/C20H32N4O/c1-3-4-12-21-20(23-16-18-10-8-17(2)9-11-18)22-13-6-15-24-14-5-7-19(24)25/h8-11H,3-7,12-16H2,1-2H3,(H2,21,22,23). The van der Waals surface area contributed by atoms with Crippen LogP contribution in [-0.4, -0.2) is 42.9 Å². The number of unbranched alkanes of at least 4 members (excludes halogenated alkanes) is 1. The predicted molar refractivity (Wildman–Crippen MR) is 104 cm³/mol. The van der Waals surface area contributed by atoms with Crippen LogP contribution < -0.4 is 10.6 Å². The number of nitrogens with zero attached hydrogens (tertiary/aromatic N) is 2. The Labute approximate surface area is 151 Å². The number of aryl methyl sites for hydroxylation is 1. The summed E-state index contributed by atoms with van der Waals surface area (Å²) in [5, 5.41) is 6.80. The molecule has 1 aromatic carbocycles. The Morgan fingerprint density at radius 1 is 1.16 bits per heavy atom. The molecule has 1 saturated heterocycles. The van der Waals surface area contributed by atoms with E-state index in [0.717, 1.165) is 64.2 Å². The zero-order chi connectivity index (χ0) is 17.9. The number of aliphatic imine (C=N–C) groups is 1. The van der Waals surface area contributed by atoms with Gasteiger partial charge in [-0.05, 0) is 31.7 Å². The fraction of sp³-hybridized carbons (Fsp3) is 0.600. The Kier molecular flexibility index (Phi) is 8.29. The Hall–Kier alpha value is -2.04. The molecule has 0 aromatic heterocycles. The molecule has 1 amide bonds. The second-order valence-corrected chi connectivity index (χ2v) is 6.70. The molecule has 138 valence electrons. The molecule has 0 spiro atoms. The van der Waals surface area contributed by atoms with Crippen molar-refractivity contribution in [1.82, 2.24) is 15.5 Å². The Balaban J connectivity index is 1.78. The van der Waals surface area contributed by atoms with Crippen LogP contribution in [-0.2, 0) is 11.3 Å². The number of likely N-dealkylation sites (tertiary alicyclic amines) is 1. The van der Waals surface area contributed by atoms with Crippen molar-refractivity contribution in [1.29, 1.82) is 0 Å². The van der Waals surface area contributed by atoms with Gasteiger partial charge in [-0.3, -0.25) is 4.79 Å². The second-order valence-electron chi connectivity index (χ2n) is 6.70. The van der Waals surface area contributed by atoms with Gasteiger partial charge in [0, 0.05) is 32.6 Å². The first kappa shape index (κ1) is 19.3. The van der Waals surface area contributed by atoms with Gasteiger partial charge >= 0.3 is 0 Å². The maximum absolute atomic E-state index is 11.6. The summed E-state index contributed by atoms with van der Waals surface area (Å²) in [6, 6.07) is 8.49. The Bertz CT molecular complexity index is 553. The quantitative estimate of drug-likeness (QED) is 0.411. The normalized spacial score (nSPS) is 14.9. The van der Waals surface area contributed by atoms with Crippen LogP contribution in [0.2, 0.25) is 0 Å². The van der Waals surface area contributed by atoms with Gasteiger partial charge in [-0.15, -0.1) is 0 Å². The summed E-state index contributed by atoms with van der Waals surface area (Å²) in [5.74, 6) is 1.16. The third kappa shape index (κ3) is 7.16. The highest BCUT2D eigenvalue weighted by atomic mass is 16.2. The molecule has 5 heteroatoms. The van der Waals surface area contributed by atoms with E-state index in [1.807, 2.05) is 4.90 Å². The molecule has 1 fully saturated rings. The van der Waals surface area contributed by atoms with Crippen molar-refractivity contribution >= 4 is 11.9 Å². The molecule has 0 atom stereocenters. The van der Waals surface area contributed by atoms with Crippen LogP contribution in [0.1, 0.15) is 50.2 Å². The maximum atomic E-state index is 11.6. The van der Waals surface area contributed by atoms with Crippen molar-refractivity contribution in [2.45, 2.75) is 52.5 Å². The van der Waals surface area contributed by atoms with Crippen LogP contribution in [0.25, 0.3) is 0 Å². The third-order valence-corrected chi connectivity index (χ3v) is 4.43. The summed E-state index contributed by atoms with van der Waals surface area (Å²) in [6.45, 7) is 8.47. The summed E-state index contributed by atoms with van der Waals surface area (Å²) in [4.78, 5) is 18.3. The predicted octanol–water partition coefficient (Wildman–Crippen LogP) is 2.84. The van der Waals surface area contributed by atoms with Crippen molar-refractivity contribution < 1.29 is 4.79 Å². The summed E-state index contributed by atoms with van der Waals surface area (Å²) in [6.07, 6.45) is 4.97. The van der Waals surface area contributed by atoms with E-state index in [9.17, 15) is 4.79 Å². The van der Waals surface area contributed by atoms with E-state index in [-0.39, 0.29) is 0 Å². The van der Waals surface area contributed by atoms with E-state index in [2.05, 4.69) is 48.7 Å². The monoisotopic (exact) mass is 344 g/mol. The molecule has 25 heavy (non-hydrogen) atoms. The number of hydrogen-bond donors (Lipinski definition) is 2. The van der Waals surface area contributed by atoms with E-state index in [1.165, 1.54) is 11.1 Å². The number of hydrogen-bond acceptors (Lipinski definition) is 2. The van der Waals surface area contributed by atoms with E-state index in [0.29, 0.717) is 12.5 Å². The molecular weight excluding hydrogens is 312 g/mol. The van der Waals surface area contributed by atoms with E-state index < -0.39 is 0 Å². The maximum Gasteiger partial charge on any atom is 0.222 e. The molecule has 5 nitrogen and oxygen atoms in total. The van der Waals surface area contributed by atoms with Crippen LogP contribution in [0.15, 0.2) is 29.3 Å². The molecule has 0 aliphatic carbocycles. The minimum absolute atomic E-state index is 0.300. The van der Waals surface area contributed by atoms with Crippen molar-refractivity contribution in [3.63, 3.8) is 0 Å². The number of guanidine groups is 1. The minimum Gasteiger partial charge on any atom is -0.356 e. The number of rotatable bonds is 9. The molecule has 1 aromatic rings. The third-order valence-electron chi connectivity index (χ3n) is 4.43. The fourth-order valence-electron chi connectivity index (χ4n) is 2.84. The van der Waals surface area contributed by atoms with Crippen LogP contribution in [0.5, 0.6) is 0 Å². The number of nitrogens with one attached hydrogen (secondary N) is 2. The largest absolute Gasteiger partial charge is 0.356 e. The van der Waals surface area contributed by atoms with Gasteiger partial charge in [0.1, 0.15) is 0 Å². The lowest BCUT2D eigenvalue weighted by Crippen LogP contribution is -2.39. The van der Waals surface area contributed by atoms with Crippen LogP contribution in [0.4, 0.5) is 0 Å². The average Bonchev–Trinajstić information content (AvgIpc) is 3.02. The first-order valence-electron chi connectivity index (χ1n) is 9.54. The van der Waals surface area contributed by atoms with Crippen molar-refractivity contribution in [2.75, 3.05) is 26.2 Å². The average molecular weight is 345 g/mol. The van der Waals surface area contributed by atoms with Gasteiger partial charge < -0.3 is 15.5 Å². The second kappa shape index (κ2) is 10.7. The highest BCUT2D eigenvalue weighted by Gasteiger charge is 2.18. The molecule has 0 saturated carbocycles. The van der Waals surface area contributed by atoms with Crippen molar-refractivity contribution in [3.8, 4) is 0 Å². The summed E-state index contributed by atoms with van der Waals surface area (Å²) in [7, 11) is 0. The fourth-order valence-corrected chi connectivity index (χ4v) is 2.84. The van der Waals surface area contributed by atoms with Crippen LogP contribution >= 0.6 is 0 Å². The molecule has 0 bridgehead atoms. The Morgan fingerprint density at radius 3 is 2.52 bits per heavy atom. The van der Waals surface area contributed by atoms with Gasteiger partial charge in [0.15, 0.2) is 5.96 Å². The van der Waals surface area contributed by atoms with Gasteiger partial charge in [-0.25, -0.2) is 4.99 Å². The highest BCUT2D eigenvalue weighted by Crippen LogP contribution is 2.09. The zero-order valence-electron chi connectivity index (χ0n) is 15.7. The van der Waals surface area contributed by atoms with Crippen molar-refractivity contribution in [3.05, 3.63) is 35.4 Å². The van der Waals surface area contributed by atoms with E-state index in [1.54, 1.807) is 0 Å².